The van der Waals surface area contributed by atoms with Crippen molar-refractivity contribution in [2.45, 2.75) is 39.8 Å². The summed E-state index contributed by atoms with van der Waals surface area (Å²) in [7, 11) is 0. The van der Waals surface area contributed by atoms with Crippen LogP contribution in [0.15, 0.2) is 30.3 Å². The maximum atomic E-state index is 12.2. The van der Waals surface area contributed by atoms with Crippen LogP contribution in [0, 0.1) is 5.92 Å². The highest BCUT2D eigenvalue weighted by Gasteiger charge is 2.24. The summed E-state index contributed by atoms with van der Waals surface area (Å²) in [5.41, 5.74) is 1.04. The quantitative estimate of drug-likeness (QED) is 0.853. The molecular weight excluding hydrogens is 240 g/mol. The van der Waals surface area contributed by atoms with Gasteiger partial charge in [-0.05, 0) is 18.4 Å². The zero-order chi connectivity index (χ0) is 14.4. The van der Waals surface area contributed by atoms with Gasteiger partial charge in [-0.15, -0.1) is 0 Å². The van der Waals surface area contributed by atoms with E-state index in [0.717, 1.165) is 5.56 Å². The van der Waals surface area contributed by atoms with Crippen LogP contribution in [0.2, 0.25) is 0 Å². The Morgan fingerprint density at radius 3 is 2.05 bits per heavy atom. The molecule has 1 rings (SSSR count). The van der Waals surface area contributed by atoms with Gasteiger partial charge in [0.25, 0.3) is 0 Å². The zero-order valence-corrected chi connectivity index (χ0v) is 11.9. The number of amides is 2. The van der Waals surface area contributed by atoms with Crippen LogP contribution in [-0.2, 0) is 9.59 Å². The first kappa shape index (κ1) is 15.2. The van der Waals surface area contributed by atoms with Gasteiger partial charge >= 0.3 is 0 Å². The second kappa shape index (κ2) is 6.92. The van der Waals surface area contributed by atoms with Crippen molar-refractivity contribution in [3.63, 3.8) is 0 Å². The van der Waals surface area contributed by atoms with Gasteiger partial charge in [0, 0.05) is 6.92 Å². The first-order valence-electron chi connectivity index (χ1n) is 6.54. The van der Waals surface area contributed by atoms with Crippen LogP contribution < -0.4 is 10.6 Å². The Kier molecular flexibility index (Phi) is 5.55. The molecule has 2 atom stereocenters. The lowest BCUT2D eigenvalue weighted by Gasteiger charge is -2.23. The molecule has 0 unspecified atom stereocenters. The highest BCUT2D eigenvalue weighted by Crippen LogP contribution is 2.12. The lowest BCUT2D eigenvalue weighted by atomic mass is 10.0. The summed E-state index contributed by atoms with van der Waals surface area (Å²) < 4.78 is 0. The van der Waals surface area contributed by atoms with E-state index in [1.54, 1.807) is 0 Å². The number of rotatable bonds is 5. The number of carbonyl (C=O) groups excluding carboxylic acids is 2. The predicted octanol–water partition coefficient (Wildman–Crippen LogP) is 2.02. The van der Waals surface area contributed by atoms with Gasteiger partial charge in [-0.1, -0.05) is 44.2 Å². The average Bonchev–Trinajstić information content (AvgIpc) is 2.36. The molecule has 2 N–H and O–H groups in total. The van der Waals surface area contributed by atoms with Crippen molar-refractivity contribution in [1.82, 2.24) is 10.6 Å². The maximum absolute atomic E-state index is 12.2. The predicted molar refractivity (Wildman–Crippen MR) is 75.4 cm³/mol. The summed E-state index contributed by atoms with van der Waals surface area (Å²) in [6.45, 7) is 7.17. The van der Waals surface area contributed by atoms with E-state index >= 15 is 0 Å². The molecule has 1 aromatic rings. The Balaban J connectivity index is 2.69. The van der Waals surface area contributed by atoms with Crippen LogP contribution in [0.25, 0.3) is 0 Å². The topological polar surface area (TPSA) is 58.2 Å². The summed E-state index contributed by atoms with van der Waals surface area (Å²) >= 11 is 0. The molecule has 0 aliphatic rings. The molecular formula is C15H22N2O2. The second-order valence-corrected chi connectivity index (χ2v) is 5.06. The van der Waals surface area contributed by atoms with Gasteiger partial charge < -0.3 is 10.6 Å². The Labute approximate surface area is 114 Å². The first-order chi connectivity index (χ1) is 8.91. The normalized spacial score (nSPS) is 13.7. The van der Waals surface area contributed by atoms with Crippen molar-refractivity contribution in [3.05, 3.63) is 35.9 Å². The molecule has 0 aliphatic carbocycles. The fraction of sp³-hybridized carbons (Fsp3) is 0.467. The standard InChI is InChI=1S/C15H22N2O2/c1-10(2)14(17-12(4)18)15(19)16-11(3)13-8-6-5-7-9-13/h5-11,14H,1-4H3,(H,16,19)(H,17,18)/t11-,14+/m1/s1. The summed E-state index contributed by atoms with van der Waals surface area (Å²) in [5, 5.41) is 5.61. The van der Waals surface area contributed by atoms with E-state index in [-0.39, 0.29) is 23.8 Å². The highest BCUT2D eigenvalue weighted by atomic mass is 16.2. The fourth-order valence-corrected chi connectivity index (χ4v) is 1.88. The molecule has 0 aromatic heterocycles. The maximum Gasteiger partial charge on any atom is 0.243 e. The van der Waals surface area contributed by atoms with Crippen molar-refractivity contribution in [1.29, 1.82) is 0 Å². The van der Waals surface area contributed by atoms with Crippen molar-refractivity contribution >= 4 is 11.8 Å². The van der Waals surface area contributed by atoms with Gasteiger partial charge in [0.15, 0.2) is 0 Å². The molecule has 0 radical (unpaired) electrons. The number of hydrogen-bond acceptors (Lipinski definition) is 2. The number of nitrogens with one attached hydrogen (secondary N) is 2. The Morgan fingerprint density at radius 1 is 1.00 bits per heavy atom. The lowest BCUT2D eigenvalue weighted by molar-refractivity contribution is -0.129. The Hall–Kier alpha value is -1.84. The molecule has 0 spiro atoms. The van der Waals surface area contributed by atoms with Crippen molar-refractivity contribution in [3.8, 4) is 0 Å². The fourth-order valence-electron chi connectivity index (χ4n) is 1.88. The SMILES string of the molecule is CC(=O)N[C@H](C(=O)N[C@H](C)c1ccccc1)C(C)C. The minimum Gasteiger partial charge on any atom is -0.348 e. The molecule has 2 amide bonds. The zero-order valence-electron chi connectivity index (χ0n) is 11.9. The van der Waals surface area contributed by atoms with Crippen LogP contribution in [0.3, 0.4) is 0 Å². The van der Waals surface area contributed by atoms with Crippen LogP contribution in [-0.4, -0.2) is 17.9 Å². The minimum atomic E-state index is -0.497. The molecule has 4 nitrogen and oxygen atoms in total. The van der Waals surface area contributed by atoms with E-state index in [0.29, 0.717) is 0 Å². The van der Waals surface area contributed by atoms with Gasteiger partial charge in [0.1, 0.15) is 6.04 Å². The van der Waals surface area contributed by atoms with Crippen LogP contribution in [0.4, 0.5) is 0 Å². The van der Waals surface area contributed by atoms with Gasteiger partial charge in [0.05, 0.1) is 6.04 Å². The average molecular weight is 262 g/mol. The van der Waals surface area contributed by atoms with Gasteiger partial charge in [-0.3, -0.25) is 9.59 Å². The van der Waals surface area contributed by atoms with Crippen molar-refractivity contribution in [2.24, 2.45) is 5.92 Å². The van der Waals surface area contributed by atoms with Gasteiger partial charge in [-0.2, -0.15) is 0 Å². The molecule has 0 heterocycles. The lowest BCUT2D eigenvalue weighted by Crippen LogP contribution is -2.49. The van der Waals surface area contributed by atoms with E-state index < -0.39 is 6.04 Å². The monoisotopic (exact) mass is 262 g/mol. The third-order valence-corrected chi connectivity index (χ3v) is 2.97. The largest absolute Gasteiger partial charge is 0.348 e. The van der Waals surface area contributed by atoms with E-state index in [1.807, 2.05) is 51.1 Å². The molecule has 19 heavy (non-hydrogen) atoms. The molecule has 0 saturated carbocycles. The van der Waals surface area contributed by atoms with Crippen LogP contribution >= 0.6 is 0 Å². The van der Waals surface area contributed by atoms with E-state index in [2.05, 4.69) is 10.6 Å². The number of hydrogen-bond donors (Lipinski definition) is 2. The highest BCUT2D eigenvalue weighted by molar-refractivity contribution is 5.87. The van der Waals surface area contributed by atoms with Gasteiger partial charge in [0.2, 0.25) is 11.8 Å². The Bertz CT molecular complexity index is 429. The smallest absolute Gasteiger partial charge is 0.243 e. The molecule has 1 aromatic carbocycles. The molecule has 104 valence electrons. The summed E-state index contributed by atoms with van der Waals surface area (Å²) in [6, 6.07) is 9.16. The number of benzene rings is 1. The second-order valence-electron chi connectivity index (χ2n) is 5.06. The van der Waals surface area contributed by atoms with Crippen LogP contribution in [0.5, 0.6) is 0 Å². The molecule has 4 heteroatoms. The van der Waals surface area contributed by atoms with E-state index in [1.165, 1.54) is 6.92 Å². The number of carbonyl (C=O) groups is 2. The molecule has 0 saturated heterocycles. The third-order valence-electron chi connectivity index (χ3n) is 2.97. The summed E-state index contributed by atoms with van der Waals surface area (Å²) in [4.78, 5) is 23.3. The van der Waals surface area contributed by atoms with E-state index in [4.69, 9.17) is 0 Å². The molecule has 0 bridgehead atoms. The summed E-state index contributed by atoms with van der Waals surface area (Å²) in [6.07, 6.45) is 0. The Morgan fingerprint density at radius 2 is 1.58 bits per heavy atom. The van der Waals surface area contributed by atoms with Crippen molar-refractivity contribution < 1.29 is 9.59 Å². The molecule has 0 fully saturated rings. The first-order valence-corrected chi connectivity index (χ1v) is 6.54. The summed E-state index contributed by atoms with van der Waals surface area (Å²) in [5.74, 6) is -0.297. The molecule has 0 aliphatic heterocycles. The van der Waals surface area contributed by atoms with Crippen LogP contribution in [0.1, 0.15) is 39.3 Å². The van der Waals surface area contributed by atoms with Gasteiger partial charge in [-0.25, -0.2) is 0 Å². The minimum absolute atomic E-state index is 0.0480. The van der Waals surface area contributed by atoms with Crippen molar-refractivity contribution in [2.75, 3.05) is 0 Å². The van der Waals surface area contributed by atoms with E-state index in [9.17, 15) is 9.59 Å². The third kappa shape index (κ3) is 4.73.